The minimum absolute atomic E-state index is 0.282. The second-order valence-electron chi connectivity index (χ2n) is 4.74. The number of aliphatic carboxylic acids is 1. The fourth-order valence-corrected chi connectivity index (χ4v) is 2.47. The minimum atomic E-state index is -1.02. The molecule has 0 bridgehead atoms. The summed E-state index contributed by atoms with van der Waals surface area (Å²) >= 11 is 3.28. The second kappa shape index (κ2) is 5.24. The zero-order valence-corrected chi connectivity index (χ0v) is 12.4. The molecule has 0 saturated carbocycles. The van der Waals surface area contributed by atoms with E-state index in [0.29, 0.717) is 21.1 Å². The van der Waals surface area contributed by atoms with Crippen LogP contribution in [0.25, 0.3) is 11.0 Å². The number of imidazole rings is 1. The third-order valence-electron chi connectivity index (χ3n) is 3.42. The molecule has 0 aliphatic heterocycles. The van der Waals surface area contributed by atoms with E-state index in [2.05, 4.69) is 25.9 Å². The van der Waals surface area contributed by atoms with Crippen molar-refractivity contribution in [1.82, 2.24) is 9.97 Å². The van der Waals surface area contributed by atoms with E-state index in [9.17, 15) is 14.4 Å². The summed E-state index contributed by atoms with van der Waals surface area (Å²) in [5.74, 6) is -2.74. The summed E-state index contributed by atoms with van der Waals surface area (Å²) in [7, 11) is 0. The maximum absolute atomic E-state index is 12.4. The molecule has 1 heterocycles. The van der Waals surface area contributed by atoms with Crippen molar-refractivity contribution in [3.8, 4) is 0 Å². The van der Waals surface area contributed by atoms with Crippen molar-refractivity contribution in [2.45, 2.75) is 13.8 Å². The predicted octanol–water partition coefficient (Wildman–Crippen LogP) is 2.16. The lowest BCUT2D eigenvalue weighted by molar-refractivity contribution is -0.142. The highest BCUT2D eigenvalue weighted by molar-refractivity contribution is 9.10. The summed E-state index contributed by atoms with van der Waals surface area (Å²) in [4.78, 5) is 39.7. The predicted molar refractivity (Wildman–Crippen MR) is 76.9 cm³/mol. The average molecular weight is 341 g/mol. The molecule has 0 fully saturated rings. The van der Waals surface area contributed by atoms with E-state index in [4.69, 9.17) is 5.11 Å². The number of hydrogen-bond acceptors (Lipinski definition) is 3. The second-order valence-corrected chi connectivity index (χ2v) is 5.59. The van der Waals surface area contributed by atoms with Gasteiger partial charge in [-0.2, -0.15) is 0 Å². The van der Waals surface area contributed by atoms with Gasteiger partial charge in [-0.05, 0) is 28.1 Å². The Labute approximate surface area is 122 Å². The van der Waals surface area contributed by atoms with Gasteiger partial charge < -0.3 is 15.1 Å². The smallest absolute Gasteiger partial charge is 0.323 e. The van der Waals surface area contributed by atoms with Gasteiger partial charge in [-0.1, -0.05) is 13.8 Å². The summed E-state index contributed by atoms with van der Waals surface area (Å²) in [6.45, 7) is 3.08. The van der Waals surface area contributed by atoms with E-state index in [-0.39, 0.29) is 11.5 Å². The molecular formula is C13H13BrN2O4. The molecule has 2 atom stereocenters. The number of aromatic nitrogens is 2. The Morgan fingerprint density at radius 1 is 1.15 bits per heavy atom. The number of ketones is 1. The van der Waals surface area contributed by atoms with Crippen LogP contribution < -0.4 is 5.69 Å². The number of fused-ring (bicyclic) bond motifs is 1. The number of Topliss-reactive ketones (excluding diaryl/α,β-unsaturated/α-hetero) is 1. The van der Waals surface area contributed by atoms with Crippen LogP contribution in [0.5, 0.6) is 0 Å². The number of aromatic amines is 2. The van der Waals surface area contributed by atoms with Gasteiger partial charge in [0.1, 0.15) is 0 Å². The first-order chi connectivity index (χ1) is 9.31. The maximum atomic E-state index is 12.4. The van der Waals surface area contributed by atoms with Crippen LogP contribution in [-0.4, -0.2) is 26.8 Å². The number of rotatable bonds is 4. The lowest BCUT2D eigenvalue weighted by atomic mass is 9.88. The van der Waals surface area contributed by atoms with E-state index in [1.165, 1.54) is 6.92 Å². The summed E-state index contributed by atoms with van der Waals surface area (Å²) < 4.78 is 0.523. The van der Waals surface area contributed by atoms with Crippen LogP contribution in [0, 0.1) is 11.8 Å². The van der Waals surface area contributed by atoms with E-state index in [1.807, 2.05) is 0 Å². The molecule has 0 radical (unpaired) electrons. The third kappa shape index (κ3) is 2.53. The largest absolute Gasteiger partial charge is 0.481 e. The van der Waals surface area contributed by atoms with Crippen LogP contribution in [0.2, 0.25) is 0 Å². The van der Waals surface area contributed by atoms with Crippen LogP contribution in [0.3, 0.4) is 0 Å². The van der Waals surface area contributed by atoms with Gasteiger partial charge in [-0.25, -0.2) is 4.79 Å². The fraction of sp³-hybridized carbons (Fsp3) is 0.308. The summed E-state index contributed by atoms with van der Waals surface area (Å²) in [5.41, 5.74) is 1.09. The standard InChI is InChI=1S/C13H13BrN2O4/c1-5(6(2)12(18)19)11(17)7-3-9-10(4-8(7)14)16-13(20)15-9/h3-6H,1-2H3,(H,18,19)(H2,15,16,20). The van der Waals surface area contributed by atoms with Crippen molar-refractivity contribution in [2.75, 3.05) is 0 Å². The SMILES string of the molecule is CC(C(=O)O)C(C)C(=O)c1cc2[nH]c(=O)[nH]c2cc1Br. The van der Waals surface area contributed by atoms with Crippen LogP contribution in [0.4, 0.5) is 0 Å². The first-order valence-corrected chi connectivity index (χ1v) is 6.79. The van der Waals surface area contributed by atoms with Gasteiger partial charge in [0.25, 0.3) is 0 Å². The van der Waals surface area contributed by atoms with E-state index in [0.717, 1.165) is 0 Å². The van der Waals surface area contributed by atoms with Gasteiger partial charge in [0, 0.05) is 16.0 Å². The molecule has 3 N–H and O–H groups in total. The Morgan fingerprint density at radius 2 is 1.70 bits per heavy atom. The molecule has 20 heavy (non-hydrogen) atoms. The number of H-pyrrole nitrogens is 2. The average Bonchev–Trinajstić information content (AvgIpc) is 2.74. The molecule has 106 valence electrons. The van der Waals surface area contributed by atoms with E-state index in [1.54, 1.807) is 19.1 Å². The highest BCUT2D eigenvalue weighted by Gasteiger charge is 2.28. The van der Waals surface area contributed by atoms with E-state index < -0.39 is 17.8 Å². The number of nitrogens with one attached hydrogen (secondary N) is 2. The topological polar surface area (TPSA) is 103 Å². The number of carboxylic acid groups (broad SMARTS) is 1. The molecule has 0 saturated heterocycles. The number of hydrogen-bond donors (Lipinski definition) is 3. The van der Waals surface area contributed by atoms with E-state index >= 15 is 0 Å². The highest BCUT2D eigenvalue weighted by Crippen LogP contribution is 2.26. The number of carbonyl (C=O) groups excluding carboxylic acids is 1. The molecule has 2 aromatic rings. The number of halogens is 1. The molecular weight excluding hydrogens is 328 g/mol. The van der Waals surface area contributed by atoms with Gasteiger partial charge in [0.2, 0.25) is 0 Å². The van der Waals surface area contributed by atoms with Crippen LogP contribution >= 0.6 is 15.9 Å². The lowest BCUT2D eigenvalue weighted by Gasteiger charge is -2.15. The normalized spacial score (nSPS) is 14.2. The van der Waals surface area contributed by atoms with Gasteiger partial charge in [0.05, 0.1) is 17.0 Å². The molecule has 7 heteroatoms. The fourth-order valence-electron chi connectivity index (χ4n) is 1.93. The summed E-state index contributed by atoms with van der Waals surface area (Å²) in [6, 6.07) is 3.17. The van der Waals surface area contributed by atoms with Gasteiger partial charge in [-0.3, -0.25) is 9.59 Å². The molecule has 1 aromatic heterocycles. The number of benzene rings is 1. The molecule has 2 rings (SSSR count). The van der Waals surface area contributed by atoms with Gasteiger partial charge in [0.15, 0.2) is 5.78 Å². The molecule has 6 nitrogen and oxygen atoms in total. The van der Waals surface area contributed by atoms with Gasteiger partial charge in [-0.15, -0.1) is 0 Å². The van der Waals surface area contributed by atoms with Crippen molar-refractivity contribution in [3.63, 3.8) is 0 Å². The van der Waals surface area contributed by atoms with Crippen molar-refractivity contribution >= 4 is 38.7 Å². The Morgan fingerprint density at radius 3 is 2.25 bits per heavy atom. The van der Waals surface area contributed by atoms with Crippen molar-refractivity contribution < 1.29 is 14.7 Å². The summed E-state index contributed by atoms with van der Waals surface area (Å²) in [6.07, 6.45) is 0. The first kappa shape index (κ1) is 14.5. The van der Waals surface area contributed by atoms with Crippen LogP contribution in [-0.2, 0) is 4.79 Å². The van der Waals surface area contributed by atoms with Crippen LogP contribution in [0.15, 0.2) is 21.4 Å². The number of carbonyl (C=O) groups is 2. The zero-order chi connectivity index (χ0) is 15.0. The Kier molecular flexibility index (Phi) is 3.80. The third-order valence-corrected chi connectivity index (χ3v) is 4.08. The molecule has 0 aliphatic carbocycles. The molecule has 0 spiro atoms. The quantitative estimate of drug-likeness (QED) is 0.742. The Balaban J connectivity index is 2.46. The Bertz CT molecular complexity index is 746. The van der Waals surface area contributed by atoms with Crippen LogP contribution in [0.1, 0.15) is 24.2 Å². The molecule has 2 unspecified atom stereocenters. The number of carboxylic acids is 1. The highest BCUT2D eigenvalue weighted by atomic mass is 79.9. The molecule has 0 aliphatic rings. The molecule has 1 aromatic carbocycles. The minimum Gasteiger partial charge on any atom is -0.481 e. The Hall–Kier alpha value is -1.89. The first-order valence-electron chi connectivity index (χ1n) is 6.00. The van der Waals surface area contributed by atoms with Crippen molar-refractivity contribution in [1.29, 1.82) is 0 Å². The lowest BCUT2D eigenvalue weighted by Crippen LogP contribution is -2.25. The van der Waals surface area contributed by atoms with Crippen molar-refractivity contribution in [2.24, 2.45) is 11.8 Å². The maximum Gasteiger partial charge on any atom is 0.323 e. The monoisotopic (exact) mass is 340 g/mol. The zero-order valence-electron chi connectivity index (χ0n) is 10.9. The molecule has 0 amide bonds. The van der Waals surface area contributed by atoms with Crippen molar-refractivity contribution in [3.05, 3.63) is 32.7 Å². The van der Waals surface area contributed by atoms with Gasteiger partial charge >= 0.3 is 11.7 Å². The summed E-state index contributed by atoms with van der Waals surface area (Å²) in [5, 5.41) is 8.98.